The van der Waals surface area contributed by atoms with E-state index in [-0.39, 0.29) is 36.9 Å². The summed E-state index contributed by atoms with van der Waals surface area (Å²) in [5.74, 6) is -3.19. The van der Waals surface area contributed by atoms with E-state index in [0.29, 0.717) is 59.6 Å². The second kappa shape index (κ2) is 17.1. The van der Waals surface area contributed by atoms with Crippen LogP contribution in [0.15, 0.2) is 85.3 Å². The van der Waals surface area contributed by atoms with Gasteiger partial charge in [-0.1, -0.05) is 18.7 Å². The number of aromatic nitrogens is 2. The van der Waals surface area contributed by atoms with Crippen molar-refractivity contribution >= 4 is 50.2 Å². The second-order valence-corrected chi connectivity index (χ2v) is 17.9. The van der Waals surface area contributed by atoms with Crippen molar-refractivity contribution in [2.24, 2.45) is 0 Å². The number of rotatable bonds is 13. The molecular weight excluding hydrogens is 838 g/mol. The molecule has 63 heavy (non-hydrogen) atoms. The zero-order chi connectivity index (χ0) is 44.0. The number of halogens is 3. The zero-order valence-corrected chi connectivity index (χ0v) is 35.0. The average Bonchev–Trinajstić information content (AvgIpc) is 4.00. The molecule has 5 aromatic rings. The van der Waals surface area contributed by atoms with E-state index >= 15 is 8.78 Å². The Morgan fingerprint density at radius 2 is 1.76 bits per heavy atom. The highest BCUT2D eigenvalue weighted by molar-refractivity contribution is 7.90. The lowest BCUT2D eigenvalue weighted by Crippen LogP contribution is -2.49. The third-order valence-electron chi connectivity index (χ3n) is 12.2. The Balaban J connectivity index is 0.778. The molecule has 14 nitrogen and oxygen atoms in total. The predicted octanol–water partition coefficient (Wildman–Crippen LogP) is 5.78. The van der Waals surface area contributed by atoms with Crippen LogP contribution < -0.4 is 19.7 Å². The van der Waals surface area contributed by atoms with Crippen LogP contribution in [0.4, 0.5) is 24.5 Å². The minimum absolute atomic E-state index is 0.00274. The summed E-state index contributed by atoms with van der Waals surface area (Å²) in [7, 11) is -4.35. The molecule has 4 aliphatic rings. The first-order valence-corrected chi connectivity index (χ1v) is 22.3. The highest BCUT2D eigenvalue weighted by Gasteiger charge is 2.38. The quantitative estimate of drug-likeness (QED) is 0.0985. The zero-order valence-electron chi connectivity index (χ0n) is 34.2. The Hall–Kier alpha value is -6.24. The number of hydrogen-bond acceptors (Lipinski definition) is 9. The number of piperazine rings is 1. The standard InChI is InChI=1S/C45H45F3N8O6S/c1-27-3-12-39(44(58)51-27)56-25-30-21-33(8-9-34(30)45(56)59)62-20-2-14-53-16-18-54(19-17-53)32-6-4-28(5-7-32)29-22-35-36(24-50-43(35)49-23-29)42(57)40-37(47)10-11-38(41(40)48)52-63(60,61)55-15-13-31(46)26-55/h4-11,21-24,31,39,52H,1-3,12-20,25-26H2,(H,49,50)(H,51,58)/t31-,39?/m1/s1. The molecule has 0 aliphatic carbocycles. The molecular formula is C45H45F3N8O6S. The fourth-order valence-electron chi connectivity index (χ4n) is 8.73. The van der Waals surface area contributed by atoms with Gasteiger partial charge in [-0.25, -0.2) is 18.2 Å². The number of pyridine rings is 1. The molecule has 2 aromatic heterocycles. The van der Waals surface area contributed by atoms with Crippen molar-refractivity contribution in [1.29, 1.82) is 0 Å². The van der Waals surface area contributed by atoms with E-state index < -0.39 is 51.1 Å². The van der Waals surface area contributed by atoms with Gasteiger partial charge in [-0.3, -0.25) is 24.0 Å². The molecule has 4 aliphatic heterocycles. The van der Waals surface area contributed by atoms with E-state index in [1.165, 1.54) is 6.20 Å². The van der Waals surface area contributed by atoms with Crippen molar-refractivity contribution in [3.8, 4) is 16.9 Å². The van der Waals surface area contributed by atoms with Gasteiger partial charge in [0.1, 0.15) is 29.4 Å². The highest BCUT2D eigenvalue weighted by Crippen LogP contribution is 2.33. The SMILES string of the molecule is C=C1CCC(N2Cc3cc(OCCCN4CCN(c5ccc(-c6cnc7[nH]cc(C(=O)c8c(F)ccc(NS(=O)(=O)N9CC[C@@H](F)C9)c8F)c7c6)cc5)CC4)ccc3C2=O)C(=O)N1. The Kier molecular flexibility index (Phi) is 11.5. The number of carbonyl (C=O) groups is 3. The van der Waals surface area contributed by atoms with E-state index in [9.17, 15) is 27.2 Å². The molecule has 0 saturated carbocycles. The number of hydrogen-bond donors (Lipinski definition) is 3. The number of allylic oxidation sites excluding steroid dienone is 1. The Labute approximate surface area is 361 Å². The minimum Gasteiger partial charge on any atom is -0.494 e. The summed E-state index contributed by atoms with van der Waals surface area (Å²) in [6, 6.07) is 16.3. The van der Waals surface area contributed by atoms with E-state index in [1.54, 1.807) is 23.2 Å². The maximum atomic E-state index is 15.7. The third kappa shape index (κ3) is 8.49. The minimum atomic E-state index is -4.35. The van der Waals surface area contributed by atoms with Gasteiger partial charge in [0.2, 0.25) is 11.7 Å². The number of aromatic amines is 1. The van der Waals surface area contributed by atoms with Crippen molar-refractivity contribution in [3.63, 3.8) is 0 Å². The van der Waals surface area contributed by atoms with Crippen molar-refractivity contribution < 1.29 is 40.7 Å². The summed E-state index contributed by atoms with van der Waals surface area (Å²) in [6.45, 7) is 8.52. The lowest BCUT2D eigenvalue weighted by atomic mass is 9.99. The van der Waals surface area contributed by atoms with Crippen LogP contribution in [0.5, 0.6) is 5.75 Å². The first kappa shape index (κ1) is 42.1. The van der Waals surface area contributed by atoms with Gasteiger partial charge in [-0.15, -0.1) is 0 Å². The topological polar surface area (TPSA) is 160 Å². The van der Waals surface area contributed by atoms with Gasteiger partial charge in [-0.2, -0.15) is 12.7 Å². The molecule has 1 unspecified atom stereocenters. The number of ketones is 1. The number of anilines is 2. The van der Waals surface area contributed by atoms with Crippen LogP contribution in [0.3, 0.4) is 0 Å². The number of nitrogens with zero attached hydrogens (tertiary/aromatic N) is 5. The number of fused-ring (bicyclic) bond motifs is 2. The predicted molar refractivity (Wildman–Crippen MR) is 230 cm³/mol. The second-order valence-electron chi connectivity index (χ2n) is 16.3. The van der Waals surface area contributed by atoms with Crippen LogP contribution in [0.25, 0.3) is 22.2 Å². The third-order valence-corrected chi connectivity index (χ3v) is 13.7. The van der Waals surface area contributed by atoms with Gasteiger partial charge in [0.25, 0.3) is 5.91 Å². The molecule has 3 N–H and O–H groups in total. The lowest BCUT2D eigenvalue weighted by molar-refractivity contribution is -0.126. The molecule has 3 aromatic carbocycles. The van der Waals surface area contributed by atoms with E-state index in [1.807, 2.05) is 41.1 Å². The van der Waals surface area contributed by atoms with Crippen molar-refractivity contribution in [3.05, 3.63) is 119 Å². The van der Waals surface area contributed by atoms with Crippen LogP contribution in [-0.4, -0.2) is 115 Å². The number of nitrogens with one attached hydrogen (secondary N) is 3. The first-order valence-electron chi connectivity index (χ1n) is 20.9. The van der Waals surface area contributed by atoms with Gasteiger partial charge in [-0.05, 0) is 85.3 Å². The summed E-state index contributed by atoms with van der Waals surface area (Å²) in [6.07, 6.45) is 3.64. The van der Waals surface area contributed by atoms with Crippen molar-refractivity contribution in [1.82, 2.24) is 29.4 Å². The van der Waals surface area contributed by atoms with Gasteiger partial charge in [0.05, 0.1) is 17.9 Å². The van der Waals surface area contributed by atoms with Gasteiger partial charge < -0.3 is 24.8 Å². The molecule has 0 bridgehead atoms. The highest BCUT2D eigenvalue weighted by atomic mass is 32.2. The molecule has 0 spiro atoms. The van der Waals surface area contributed by atoms with Crippen LogP contribution in [0.1, 0.15) is 57.5 Å². The molecule has 2 amide bonds. The van der Waals surface area contributed by atoms with E-state index in [4.69, 9.17) is 4.74 Å². The Morgan fingerprint density at radius 1 is 0.968 bits per heavy atom. The molecule has 3 fully saturated rings. The van der Waals surface area contributed by atoms with Crippen LogP contribution in [0.2, 0.25) is 0 Å². The smallest absolute Gasteiger partial charge is 0.301 e. The monoisotopic (exact) mass is 882 g/mol. The molecule has 18 heteroatoms. The van der Waals surface area contributed by atoms with Crippen molar-refractivity contribution in [2.45, 2.75) is 44.4 Å². The number of ether oxygens (including phenoxy) is 1. The molecule has 3 saturated heterocycles. The number of carbonyl (C=O) groups excluding carboxylic acids is 3. The van der Waals surface area contributed by atoms with Gasteiger partial charge >= 0.3 is 10.2 Å². The van der Waals surface area contributed by atoms with E-state index in [0.717, 1.165) is 72.4 Å². The number of amides is 2. The van der Waals surface area contributed by atoms with Gasteiger partial charge in [0.15, 0.2) is 5.82 Å². The van der Waals surface area contributed by atoms with Crippen molar-refractivity contribution in [2.75, 3.05) is 62.0 Å². The molecule has 2 atom stereocenters. The fourth-order valence-corrected chi connectivity index (χ4v) is 9.99. The summed E-state index contributed by atoms with van der Waals surface area (Å²) in [4.78, 5) is 53.0. The van der Waals surface area contributed by atoms with E-state index in [2.05, 4.69) is 31.7 Å². The number of piperidine rings is 1. The Morgan fingerprint density at radius 3 is 2.51 bits per heavy atom. The average molecular weight is 883 g/mol. The largest absolute Gasteiger partial charge is 0.494 e. The van der Waals surface area contributed by atoms with Crippen LogP contribution in [0, 0.1) is 11.6 Å². The Bertz CT molecular complexity index is 2740. The molecule has 6 heterocycles. The molecule has 328 valence electrons. The summed E-state index contributed by atoms with van der Waals surface area (Å²) in [5, 5.41) is 3.09. The maximum Gasteiger partial charge on any atom is 0.301 e. The fraction of sp³-hybridized carbons (Fsp3) is 0.333. The van der Waals surface area contributed by atoms with Crippen LogP contribution >= 0.6 is 0 Å². The number of alkyl halides is 1. The summed E-state index contributed by atoms with van der Waals surface area (Å²) in [5.41, 5.74) is 3.38. The molecule has 0 radical (unpaired) electrons. The lowest BCUT2D eigenvalue weighted by Gasteiger charge is -2.36. The van der Waals surface area contributed by atoms with Gasteiger partial charge in [0, 0.05) is 98.2 Å². The summed E-state index contributed by atoms with van der Waals surface area (Å²) < 4.78 is 79.0. The number of benzene rings is 3. The normalized spacial score (nSPS) is 19.8. The maximum absolute atomic E-state index is 15.7. The van der Waals surface area contributed by atoms with Crippen LogP contribution in [-0.2, 0) is 21.5 Å². The number of H-pyrrole nitrogens is 1. The molecule has 9 rings (SSSR count). The first-order chi connectivity index (χ1) is 30.3. The summed E-state index contributed by atoms with van der Waals surface area (Å²) >= 11 is 0.